The van der Waals surface area contributed by atoms with Gasteiger partial charge >= 0.3 is 6.03 Å². The van der Waals surface area contributed by atoms with E-state index in [-0.39, 0.29) is 10.9 Å². The summed E-state index contributed by atoms with van der Waals surface area (Å²) in [6, 6.07) is 16.1. The molecule has 0 aliphatic carbocycles. The van der Waals surface area contributed by atoms with Gasteiger partial charge < -0.3 is 5.32 Å². The first kappa shape index (κ1) is 21.0. The summed E-state index contributed by atoms with van der Waals surface area (Å²) in [7, 11) is -3.28. The summed E-state index contributed by atoms with van der Waals surface area (Å²) in [4.78, 5) is 20.9. The smallest absolute Gasteiger partial charge is 0.321 e. The maximum absolute atomic E-state index is 12.2. The van der Waals surface area contributed by atoms with Crippen molar-refractivity contribution in [3.8, 4) is 11.1 Å². The maximum atomic E-state index is 12.2. The average molecular weight is 453 g/mol. The van der Waals surface area contributed by atoms with Gasteiger partial charge in [-0.15, -0.1) is 0 Å². The standard InChI is InChI=1S/C22H20N4O3S2/c1-31(28,29)18-4-2-3-16(13-18)17-5-6-19-20(14-17)30-22(25-19)26-21(27)24-12-9-15-7-10-23-11-8-15/h2-8,10-11,13-14H,9,12H2,1H3,(H2,24,25,26,27). The molecule has 0 radical (unpaired) electrons. The third kappa shape index (κ3) is 5.25. The molecule has 0 unspecified atom stereocenters. The zero-order valence-electron chi connectivity index (χ0n) is 16.7. The lowest BCUT2D eigenvalue weighted by Gasteiger charge is -2.05. The first-order valence-corrected chi connectivity index (χ1v) is 12.2. The fraction of sp³-hybridized carbons (Fsp3) is 0.136. The normalized spacial score (nSPS) is 11.4. The molecule has 0 aliphatic rings. The number of rotatable bonds is 6. The number of pyridine rings is 1. The summed E-state index contributed by atoms with van der Waals surface area (Å²) in [5, 5.41) is 6.09. The Morgan fingerprint density at radius 3 is 2.58 bits per heavy atom. The van der Waals surface area contributed by atoms with E-state index in [1.165, 1.54) is 17.6 Å². The Morgan fingerprint density at radius 2 is 1.81 bits per heavy atom. The second-order valence-electron chi connectivity index (χ2n) is 6.99. The summed E-state index contributed by atoms with van der Waals surface area (Å²) < 4.78 is 24.6. The van der Waals surface area contributed by atoms with Crippen LogP contribution in [0.15, 0.2) is 71.9 Å². The van der Waals surface area contributed by atoms with Crippen LogP contribution in [0.25, 0.3) is 21.3 Å². The molecule has 2 aromatic heterocycles. The Kier molecular flexibility index (Phi) is 5.97. The first-order valence-electron chi connectivity index (χ1n) is 9.53. The Labute approximate surface area is 184 Å². The van der Waals surface area contributed by atoms with E-state index in [2.05, 4.69) is 20.6 Å². The van der Waals surface area contributed by atoms with E-state index >= 15 is 0 Å². The molecule has 0 aliphatic heterocycles. The summed E-state index contributed by atoms with van der Waals surface area (Å²) in [5.74, 6) is 0. The Bertz CT molecular complexity index is 1340. The molecule has 2 N–H and O–H groups in total. The fourth-order valence-electron chi connectivity index (χ4n) is 3.08. The number of hydrogen-bond donors (Lipinski definition) is 2. The van der Waals surface area contributed by atoms with Crippen LogP contribution in [0.5, 0.6) is 0 Å². The molecular formula is C22H20N4O3S2. The molecule has 2 aromatic carbocycles. The first-order chi connectivity index (χ1) is 14.9. The zero-order chi connectivity index (χ0) is 21.8. The quantitative estimate of drug-likeness (QED) is 0.458. The van der Waals surface area contributed by atoms with E-state index in [0.717, 1.165) is 26.9 Å². The lowest BCUT2D eigenvalue weighted by atomic mass is 10.1. The van der Waals surface area contributed by atoms with E-state index in [1.807, 2.05) is 36.4 Å². The summed E-state index contributed by atoms with van der Waals surface area (Å²) in [6.07, 6.45) is 5.36. The molecular weight excluding hydrogens is 432 g/mol. The SMILES string of the molecule is CS(=O)(=O)c1cccc(-c2ccc3nc(NC(=O)NCCc4ccncc4)sc3c2)c1. The van der Waals surface area contributed by atoms with Crippen molar-refractivity contribution in [2.75, 3.05) is 18.1 Å². The highest BCUT2D eigenvalue weighted by Gasteiger charge is 2.11. The van der Waals surface area contributed by atoms with Gasteiger partial charge in [-0.05, 0) is 59.5 Å². The van der Waals surface area contributed by atoms with E-state index in [0.29, 0.717) is 18.1 Å². The summed E-state index contributed by atoms with van der Waals surface area (Å²) in [6.45, 7) is 0.502. The molecule has 7 nitrogen and oxygen atoms in total. The predicted molar refractivity (Wildman–Crippen MR) is 123 cm³/mol. The number of thiazole rings is 1. The number of carbonyl (C=O) groups is 1. The molecule has 0 bridgehead atoms. The van der Waals surface area contributed by atoms with Crippen LogP contribution in [0.4, 0.5) is 9.93 Å². The topological polar surface area (TPSA) is 101 Å². The number of amides is 2. The lowest BCUT2D eigenvalue weighted by Crippen LogP contribution is -2.30. The predicted octanol–water partition coefficient (Wildman–Crippen LogP) is 4.13. The van der Waals surface area contributed by atoms with Crippen molar-refractivity contribution >= 4 is 42.6 Å². The van der Waals surface area contributed by atoms with Crippen LogP contribution in [0.3, 0.4) is 0 Å². The van der Waals surface area contributed by atoms with Crippen LogP contribution in [0.2, 0.25) is 0 Å². The molecule has 2 amide bonds. The monoisotopic (exact) mass is 452 g/mol. The summed E-state index contributed by atoms with van der Waals surface area (Å²) >= 11 is 1.36. The molecule has 0 fully saturated rings. The molecule has 2 heterocycles. The fourth-order valence-corrected chi connectivity index (χ4v) is 4.64. The highest BCUT2D eigenvalue weighted by atomic mass is 32.2. The minimum Gasteiger partial charge on any atom is -0.337 e. The van der Waals surface area contributed by atoms with Gasteiger partial charge in [0, 0.05) is 25.2 Å². The van der Waals surface area contributed by atoms with Crippen molar-refractivity contribution in [1.29, 1.82) is 0 Å². The summed E-state index contributed by atoms with van der Waals surface area (Å²) in [5.41, 5.74) is 3.56. The average Bonchev–Trinajstić information content (AvgIpc) is 3.15. The number of anilines is 1. The molecule has 9 heteroatoms. The highest BCUT2D eigenvalue weighted by molar-refractivity contribution is 7.90. The van der Waals surface area contributed by atoms with Gasteiger partial charge in [0.2, 0.25) is 0 Å². The molecule has 158 valence electrons. The van der Waals surface area contributed by atoms with Gasteiger partial charge in [0.05, 0.1) is 15.1 Å². The Balaban J connectivity index is 1.45. The molecule has 0 atom stereocenters. The van der Waals surface area contributed by atoms with Crippen molar-refractivity contribution in [2.45, 2.75) is 11.3 Å². The Hall–Kier alpha value is -3.30. The number of carbonyl (C=O) groups excluding carboxylic acids is 1. The number of benzene rings is 2. The lowest BCUT2D eigenvalue weighted by molar-refractivity contribution is 0.252. The molecule has 4 rings (SSSR count). The van der Waals surface area contributed by atoms with Gasteiger partial charge in [-0.3, -0.25) is 10.3 Å². The van der Waals surface area contributed by atoms with Gasteiger partial charge in [0.25, 0.3) is 0 Å². The number of fused-ring (bicyclic) bond motifs is 1. The second-order valence-corrected chi connectivity index (χ2v) is 10.0. The third-order valence-corrected chi connectivity index (χ3v) is 6.70. The van der Waals surface area contributed by atoms with Crippen molar-refractivity contribution < 1.29 is 13.2 Å². The Morgan fingerprint density at radius 1 is 1.03 bits per heavy atom. The largest absolute Gasteiger partial charge is 0.337 e. The van der Waals surface area contributed by atoms with E-state index < -0.39 is 9.84 Å². The van der Waals surface area contributed by atoms with E-state index in [9.17, 15) is 13.2 Å². The van der Waals surface area contributed by atoms with Gasteiger partial charge in [-0.1, -0.05) is 29.5 Å². The van der Waals surface area contributed by atoms with Crippen LogP contribution < -0.4 is 10.6 Å². The maximum Gasteiger partial charge on any atom is 0.321 e. The van der Waals surface area contributed by atoms with Crippen LogP contribution in [-0.2, 0) is 16.3 Å². The molecule has 0 saturated carbocycles. The van der Waals surface area contributed by atoms with Crippen molar-refractivity contribution in [1.82, 2.24) is 15.3 Å². The van der Waals surface area contributed by atoms with Gasteiger partial charge in [0.1, 0.15) is 0 Å². The van der Waals surface area contributed by atoms with Gasteiger partial charge in [0.15, 0.2) is 15.0 Å². The minimum absolute atomic E-state index is 0.278. The zero-order valence-corrected chi connectivity index (χ0v) is 18.3. The van der Waals surface area contributed by atoms with E-state index in [1.54, 1.807) is 30.6 Å². The molecule has 0 spiro atoms. The van der Waals surface area contributed by atoms with Crippen LogP contribution in [-0.4, -0.2) is 37.2 Å². The number of sulfone groups is 1. The number of nitrogens with one attached hydrogen (secondary N) is 2. The van der Waals surface area contributed by atoms with Crippen LogP contribution in [0, 0.1) is 0 Å². The number of urea groups is 1. The number of nitrogens with zero attached hydrogens (tertiary/aromatic N) is 2. The van der Waals surface area contributed by atoms with Gasteiger partial charge in [-0.2, -0.15) is 0 Å². The van der Waals surface area contributed by atoms with Crippen LogP contribution in [0.1, 0.15) is 5.56 Å². The van der Waals surface area contributed by atoms with Crippen molar-refractivity contribution in [2.24, 2.45) is 0 Å². The van der Waals surface area contributed by atoms with Crippen molar-refractivity contribution in [3.63, 3.8) is 0 Å². The highest BCUT2D eigenvalue weighted by Crippen LogP contribution is 2.31. The van der Waals surface area contributed by atoms with Gasteiger partial charge in [-0.25, -0.2) is 18.2 Å². The molecule has 4 aromatic rings. The third-order valence-electron chi connectivity index (χ3n) is 4.65. The molecule has 0 saturated heterocycles. The number of hydrogen-bond acceptors (Lipinski definition) is 6. The number of aromatic nitrogens is 2. The van der Waals surface area contributed by atoms with Crippen molar-refractivity contribution in [3.05, 3.63) is 72.6 Å². The second kappa shape index (κ2) is 8.83. The van der Waals surface area contributed by atoms with E-state index in [4.69, 9.17) is 0 Å². The minimum atomic E-state index is -3.28. The molecule has 31 heavy (non-hydrogen) atoms. The van der Waals surface area contributed by atoms with Crippen LogP contribution >= 0.6 is 11.3 Å².